The van der Waals surface area contributed by atoms with E-state index in [0.29, 0.717) is 17.7 Å². The van der Waals surface area contributed by atoms with Crippen molar-refractivity contribution in [1.82, 2.24) is 15.5 Å². The molecule has 0 bridgehead atoms. The Morgan fingerprint density at radius 3 is 2.39 bits per heavy atom. The van der Waals surface area contributed by atoms with Gasteiger partial charge in [-0.3, -0.25) is 14.5 Å². The Kier molecular flexibility index (Phi) is 5.49. The Morgan fingerprint density at radius 2 is 1.75 bits per heavy atom. The molecule has 0 saturated carbocycles. The van der Waals surface area contributed by atoms with E-state index in [9.17, 15) is 14.4 Å². The van der Waals surface area contributed by atoms with Crippen LogP contribution in [0.3, 0.4) is 0 Å². The Morgan fingerprint density at radius 1 is 1.04 bits per heavy atom. The third-order valence-electron chi connectivity index (χ3n) is 5.13. The van der Waals surface area contributed by atoms with Crippen molar-refractivity contribution in [2.24, 2.45) is 0 Å². The van der Waals surface area contributed by atoms with Gasteiger partial charge in [-0.15, -0.1) is 0 Å². The van der Waals surface area contributed by atoms with Gasteiger partial charge in [-0.05, 0) is 42.5 Å². The van der Waals surface area contributed by atoms with E-state index in [1.165, 1.54) is 0 Å². The lowest BCUT2D eigenvalue weighted by atomic mass is 9.81. The first kappa shape index (κ1) is 19.6. The van der Waals surface area contributed by atoms with E-state index >= 15 is 0 Å². The highest BCUT2D eigenvalue weighted by Crippen LogP contribution is 2.36. The molecule has 2 aromatic carbocycles. The molecule has 1 saturated heterocycles. The average Bonchev–Trinajstić information content (AvgIpc) is 2.94. The van der Waals surface area contributed by atoms with Crippen LogP contribution in [0, 0.1) is 13.8 Å². The summed E-state index contributed by atoms with van der Waals surface area (Å²) in [7, 11) is 0. The number of carbonyl (C=O) groups is 3. The fourth-order valence-corrected chi connectivity index (χ4v) is 3.40. The van der Waals surface area contributed by atoms with Gasteiger partial charge in [0, 0.05) is 6.54 Å². The van der Waals surface area contributed by atoms with Crippen molar-refractivity contribution in [2.75, 3.05) is 13.1 Å². The van der Waals surface area contributed by atoms with Crippen LogP contribution in [-0.2, 0) is 15.1 Å². The predicted molar refractivity (Wildman–Crippen MR) is 107 cm³/mol. The maximum absolute atomic E-state index is 13.5. The molecule has 1 aliphatic rings. The number of benzene rings is 2. The summed E-state index contributed by atoms with van der Waals surface area (Å²) >= 11 is 0. The van der Waals surface area contributed by atoms with Crippen LogP contribution in [0.2, 0.25) is 0 Å². The first-order chi connectivity index (χ1) is 13.4. The maximum atomic E-state index is 13.5. The number of hydrogen-bond acceptors (Lipinski definition) is 3. The number of urea groups is 1. The zero-order valence-electron chi connectivity index (χ0n) is 16.4. The van der Waals surface area contributed by atoms with Gasteiger partial charge < -0.3 is 10.6 Å². The average molecular weight is 379 g/mol. The molecule has 146 valence electrons. The third kappa shape index (κ3) is 3.38. The van der Waals surface area contributed by atoms with Crippen LogP contribution in [0.4, 0.5) is 4.79 Å². The lowest BCUT2D eigenvalue weighted by molar-refractivity contribution is -0.134. The third-order valence-corrected chi connectivity index (χ3v) is 5.13. The van der Waals surface area contributed by atoms with Gasteiger partial charge in [-0.25, -0.2) is 4.79 Å². The van der Waals surface area contributed by atoms with Crippen LogP contribution in [0.15, 0.2) is 48.5 Å². The van der Waals surface area contributed by atoms with Gasteiger partial charge in [0.1, 0.15) is 6.54 Å². The zero-order chi connectivity index (χ0) is 20.3. The molecule has 6 nitrogen and oxygen atoms in total. The molecule has 0 radical (unpaired) electrons. The number of hydrogen-bond donors (Lipinski definition) is 2. The molecule has 0 spiro atoms. The lowest BCUT2D eigenvalue weighted by Gasteiger charge is -2.28. The summed E-state index contributed by atoms with van der Waals surface area (Å²) in [5, 5.41) is 5.58. The molecule has 0 unspecified atom stereocenters. The molecule has 28 heavy (non-hydrogen) atoms. The number of carbonyl (C=O) groups excluding carboxylic acids is 3. The molecule has 1 heterocycles. The fourth-order valence-electron chi connectivity index (χ4n) is 3.40. The first-order valence-electron chi connectivity index (χ1n) is 9.44. The lowest BCUT2D eigenvalue weighted by Crippen LogP contribution is -2.46. The second kappa shape index (κ2) is 7.84. The normalized spacial score (nSPS) is 18.9. The summed E-state index contributed by atoms with van der Waals surface area (Å²) in [5.41, 5.74) is 2.11. The number of rotatable bonds is 6. The molecule has 6 heteroatoms. The topological polar surface area (TPSA) is 78.5 Å². The smallest absolute Gasteiger partial charge is 0.326 e. The van der Waals surface area contributed by atoms with Gasteiger partial charge in [0.2, 0.25) is 5.91 Å². The predicted octanol–water partition coefficient (Wildman–Crippen LogP) is 2.63. The molecular weight excluding hydrogens is 354 g/mol. The van der Waals surface area contributed by atoms with Crippen LogP contribution in [0.25, 0.3) is 0 Å². The van der Waals surface area contributed by atoms with Crippen LogP contribution >= 0.6 is 0 Å². The monoisotopic (exact) mass is 379 g/mol. The summed E-state index contributed by atoms with van der Waals surface area (Å²) < 4.78 is 0. The maximum Gasteiger partial charge on any atom is 0.326 e. The molecule has 1 aliphatic heterocycles. The minimum absolute atomic E-state index is 0.301. The molecule has 2 aromatic rings. The molecule has 1 atom stereocenters. The van der Waals surface area contributed by atoms with Crippen molar-refractivity contribution in [2.45, 2.75) is 32.7 Å². The molecule has 4 amide bonds. The second-order valence-corrected chi connectivity index (χ2v) is 7.09. The highest BCUT2D eigenvalue weighted by Gasteiger charge is 2.54. The minimum Gasteiger partial charge on any atom is -0.355 e. The number of nitrogens with one attached hydrogen (secondary N) is 2. The number of imide groups is 1. The Balaban J connectivity index is 2.06. The summed E-state index contributed by atoms with van der Waals surface area (Å²) in [6.07, 6.45) is 0.780. The van der Waals surface area contributed by atoms with Crippen molar-refractivity contribution in [1.29, 1.82) is 0 Å². The van der Waals surface area contributed by atoms with Gasteiger partial charge >= 0.3 is 6.03 Å². The van der Waals surface area contributed by atoms with Crippen LogP contribution in [0.5, 0.6) is 0 Å². The van der Waals surface area contributed by atoms with E-state index in [-0.39, 0.29) is 12.5 Å². The summed E-state index contributed by atoms with van der Waals surface area (Å²) in [5.74, 6) is -0.798. The standard InChI is InChI=1S/C22H25N3O3/c1-4-12-23-19(26)14-25-20(27)22(24-21(25)28,17-8-6-5-7-9-17)18-11-10-15(2)16(3)13-18/h5-11,13H,4,12,14H2,1-3H3,(H,23,26)(H,24,28)/t22-/m0/s1. The van der Waals surface area contributed by atoms with Gasteiger partial charge in [0.15, 0.2) is 5.54 Å². The van der Waals surface area contributed by atoms with E-state index in [4.69, 9.17) is 0 Å². The van der Waals surface area contributed by atoms with Crippen molar-refractivity contribution in [3.05, 3.63) is 70.8 Å². The van der Waals surface area contributed by atoms with E-state index < -0.39 is 17.5 Å². The van der Waals surface area contributed by atoms with Crippen LogP contribution in [-0.4, -0.2) is 35.8 Å². The molecule has 1 fully saturated rings. The van der Waals surface area contributed by atoms with Crippen LogP contribution in [0.1, 0.15) is 35.6 Å². The highest BCUT2D eigenvalue weighted by atomic mass is 16.2. The molecule has 2 N–H and O–H groups in total. The fraction of sp³-hybridized carbons (Fsp3) is 0.318. The summed E-state index contributed by atoms with van der Waals surface area (Å²) in [6.45, 7) is 6.10. The number of amides is 4. The van der Waals surface area contributed by atoms with Gasteiger partial charge in [-0.2, -0.15) is 0 Å². The van der Waals surface area contributed by atoms with E-state index in [0.717, 1.165) is 22.4 Å². The van der Waals surface area contributed by atoms with Gasteiger partial charge in [-0.1, -0.05) is 55.5 Å². The Labute approximate surface area is 164 Å². The minimum atomic E-state index is -1.35. The van der Waals surface area contributed by atoms with E-state index in [1.54, 1.807) is 0 Å². The number of nitrogens with zero attached hydrogens (tertiary/aromatic N) is 1. The Hall–Kier alpha value is -3.15. The van der Waals surface area contributed by atoms with Crippen molar-refractivity contribution < 1.29 is 14.4 Å². The molecule has 3 rings (SSSR count). The Bertz CT molecular complexity index is 910. The summed E-state index contributed by atoms with van der Waals surface area (Å²) in [4.78, 5) is 39.4. The second-order valence-electron chi connectivity index (χ2n) is 7.09. The molecule has 0 aliphatic carbocycles. The van der Waals surface area contributed by atoms with Crippen molar-refractivity contribution in [3.8, 4) is 0 Å². The van der Waals surface area contributed by atoms with E-state index in [1.807, 2.05) is 69.3 Å². The molecular formula is C22H25N3O3. The van der Waals surface area contributed by atoms with Crippen molar-refractivity contribution >= 4 is 17.8 Å². The molecule has 0 aromatic heterocycles. The number of aryl methyl sites for hydroxylation is 2. The summed E-state index contributed by atoms with van der Waals surface area (Å²) in [6, 6.07) is 14.3. The highest BCUT2D eigenvalue weighted by molar-refractivity contribution is 6.11. The van der Waals surface area contributed by atoms with Crippen molar-refractivity contribution in [3.63, 3.8) is 0 Å². The SMILES string of the molecule is CCCNC(=O)CN1C(=O)N[C@@](c2ccccc2)(c2ccc(C)c(C)c2)C1=O. The van der Waals surface area contributed by atoms with Gasteiger partial charge in [0.05, 0.1) is 0 Å². The first-order valence-corrected chi connectivity index (χ1v) is 9.44. The van der Waals surface area contributed by atoms with Gasteiger partial charge in [0.25, 0.3) is 5.91 Å². The van der Waals surface area contributed by atoms with Crippen LogP contribution < -0.4 is 10.6 Å². The zero-order valence-corrected chi connectivity index (χ0v) is 16.4. The quantitative estimate of drug-likeness (QED) is 0.758. The van der Waals surface area contributed by atoms with E-state index in [2.05, 4.69) is 10.6 Å². The largest absolute Gasteiger partial charge is 0.355 e.